The largest absolute Gasteiger partial charge is 0.497 e. The Kier molecular flexibility index (Phi) is 6.36. The van der Waals surface area contributed by atoms with E-state index >= 15 is 0 Å². The molecule has 3 aromatic rings. The smallest absolute Gasteiger partial charge is 0.246 e. The zero-order valence-electron chi connectivity index (χ0n) is 16.8. The van der Waals surface area contributed by atoms with E-state index in [9.17, 15) is 13.2 Å². The van der Waals surface area contributed by atoms with E-state index in [4.69, 9.17) is 9.26 Å². The predicted octanol–water partition coefficient (Wildman–Crippen LogP) is 2.14. The average molecular weight is 430 g/mol. The number of aromatic nitrogens is 2. The maximum atomic E-state index is 12.4. The van der Waals surface area contributed by atoms with Crippen LogP contribution in [0, 0.1) is 6.92 Å². The number of nitrogens with zero attached hydrogens (tertiary/aromatic N) is 3. The average Bonchev–Trinajstić information content (AvgIpc) is 3.19. The molecule has 0 fully saturated rings. The van der Waals surface area contributed by atoms with Gasteiger partial charge in [-0.05, 0) is 42.8 Å². The Morgan fingerprint density at radius 1 is 1.17 bits per heavy atom. The number of ether oxygens (including phenoxy) is 1. The van der Waals surface area contributed by atoms with Gasteiger partial charge in [-0.15, -0.1) is 0 Å². The summed E-state index contributed by atoms with van der Waals surface area (Å²) in [6.07, 6.45) is 1.06. The van der Waals surface area contributed by atoms with E-state index in [1.807, 2.05) is 0 Å². The van der Waals surface area contributed by atoms with E-state index in [1.54, 1.807) is 62.6 Å². The first-order valence-corrected chi connectivity index (χ1v) is 10.9. The van der Waals surface area contributed by atoms with Gasteiger partial charge in [0.1, 0.15) is 12.3 Å². The summed E-state index contributed by atoms with van der Waals surface area (Å²) in [6.45, 7) is 1.40. The fraction of sp³-hybridized carbons (Fsp3) is 0.250. The third-order valence-electron chi connectivity index (χ3n) is 4.32. The molecule has 0 bridgehead atoms. The highest BCUT2D eigenvalue weighted by Gasteiger charge is 2.22. The Morgan fingerprint density at radius 2 is 1.87 bits per heavy atom. The van der Waals surface area contributed by atoms with Crippen LogP contribution in [0.1, 0.15) is 11.5 Å². The van der Waals surface area contributed by atoms with E-state index in [-0.39, 0.29) is 19.0 Å². The number of methoxy groups -OCH3 is 1. The van der Waals surface area contributed by atoms with Crippen molar-refractivity contribution in [2.75, 3.05) is 24.2 Å². The quantitative estimate of drug-likeness (QED) is 0.582. The summed E-state index contributed by atoms with van der Waals surface area (Å²) in [7, 11) is -2.07. The molecular weight excluding hydrogens is 408 g/mol. The number of hydrogen-bond donors (Lipinski definition) is 1. The Hall–Kier alpha value is -3.40. The molecule has 3 rings (SSSR count). The van der Waals surface area contributed by atoms with Crippen molar-refractivity contribution in [3.8, 4) is 17.1 Å². The van der Waals surface area contributed by atoms with E-state index in [0.717, 1.165) is 21.7 Å². The molecule has 1 amide bonds. The van der Waals surface area contributed by atoms with Crippen LogP contribution in [-0.4, -0.2) is 44.4 Å². The van der Waals surface area contributed by atoms with Crippen molar-refractivity contribution < 1.29 is 22.5 Å². The zero-order chi connectivity index (χ0) is 21.7. The SMILES string of the molecule is COc1ccc(-c2noc(CNC(=O)CN(c3ccccc3C)S(C)(=O)=O)n2)cc1. The summed E-state index contributed by atoms with van der Waals surface area (Å²) in [5, 5.41) is 6.51. The van der Waals surface area contributed by atoms with Gasteiger partial charge >= 0.3 is 0 Å². The van der Waals surface area contributed by atoms with E-state index in [1.165, 1.54) is 0 Å². The Balaban J connectivity index is 1.65. The van der Waals surface area contributed by atoms with Crippen LogP contribution < -0.4 is 14.4 Å². The molecule has 0 unspecified atom stereocenters. The molecule has 30 heavy (non-hydrogen) atoms. The third kappa shape index (κ3) is 5.15. The number of benzene rings is 2. The normalized spacial score (nSPS) is 11.2. The number of carbonyl (C=O) groups is 1. The molecular formula is C20H22N4O5S. The van der Waals surface area contributed by atoms with Crippen molar-refractivity contribution in [2.24, 2.45) is 0 Å². The second-order valence-electron chi connectivity index (χ2n) is 6.57. The van der Waals surface area contributed by atoms with Crippen LogP contribution in [0.3, 0.4) is 0 Å². The van der Waals surface area contributed by atoms with Crippen molar-refractivity contribution >= 4 is 21.6 Å². The first kappa shape index (κ1) is 21.3. The molecule has 2 aromatic carbocycles. The maximum Gasteiger partial charge on any atom is 0.246 e. The molecule has 0 aliphatic rings. The Bertz CT molecular complexity index is 1130. The van der Waals surface area contributed by atoms with Crippen molar-refractivity contribution in [3.05, 3.63) is 60.0 Å². The summed E-state index contributed by atoms with van der Waals surface area (Å²) in [4.78, 5) is 16.6. The summed E-state index contributed by atoms with van der Waals surface area (Å²) in [6, 6.07) is 14.1. The highest BCUT2D eigenvalue weighted by molar-refractivity contribution is 7.92. The van der Waals surface area contributed by atoms with Crippen LogP contribution in [0.15, 0.2) is 53.1 Å². The Labute approximate surface area is 174 Å². The molecule has 0 saturated heterocycles. The first-order valence-electron chi connectivity index (χ1n) is 9.05. The molecule has 0 aliphatic heterocycles. The van der Waals surface area contributed by atoms with Crippen molar-refractivity contribution in [1.82, 2.24) is 15.5 Å². The first-order chi connectivity index (χ1) is 14.3. The van der Waals surface area contributed by atoms with E-state index in [2.05, 4.69) is 15.5 Å². The number of aryl methyl sites for hydroxylation is 1. The molecule has 0 spiro atoms. The lowest BCUT2D eigenvalue weighted by molar-refractivity contribution is -0.119. The number of amides is 1. The van der Waals surface area contributed by atoms with Gasteiger partial charge in [-0.3, -0.25) is 9.10 Å². The number of anilines is 1. The van der Waals surface area contributed by atoms with Crippen molar-refractivity contribution in [3.63, 3.8) is 0 Å². The topological polar surface area (TPSA) is 115 Å². The van der Waals surface area contributed by atoms with Crippen LogP contribution in [0.5, 0.6) is 5.75 Å². The molecule has 1 N–H and O–H groups in total. The lowest BCUT2D eigenvalue weighted by Crippen LogP contribution is -2.40. The van der Waals surface area contributed by atoms with Crippen molar-refractivity contribution in [2.45, 2.75) is 13.5 Å². The molecule has 9 nitrogen and oxygen atoms in total. The molecule has 10 heteroatoms. The minimum absolute atomic E-state index is 0.0205. The lowest BCUT2D eigenvalue weighted by atomic mass is 10.2. The number of sulfonamides is 1. The second kappa shape index (κ2) is 8.95. The number of nitrogens with one attached hydrogen (secondary N) is 1. The monoisotopic (exact) mass is 430 g/mol. The van der Waals surface area contributed by atoms with E-state index in [0.29, 0.717) is 17.3 Å². The minimum atomic E-state index is -3.65. The lowest BCUT2D eigenvalue weighted by Gasteiger charge is -2.23. The molecule has 1 heterocycles. The van der Waals surface area contributed by atoms with Crippen LogP contribution >= 0.6 is 0 Å². The third-order valence-corrected chi connectivity index (χ3v) is 5.45. The Morgan fingerprint density at radius 3 is 2.50 bits per heavy atom. The van der Waals surface area contributed by atoms with Crippen LogP contribution in [0.2, 0.25) is 0 Å². The molecule has 0 aliphatic carbocycles. The van der Waals surface area contributed by atoms with Gasteiger partial charge in [0.25, 0.3) is 0 Å². The second-order valence-corrected chi connectivity index (χ2v) is 8.48. The predicted molar refractivity (Wildman–Crippen MR) is 112 cm³/mol. The van der Waals surface area contributed by atoms with Crippen LogP contribution in [0.4, 0.5) is 5.69 Å². The maximum absolute atomic E-state index is 12.4. The summed E-state index contributed by atoms with van der Waals surface area (Å²) in [5.74, 6) is 0.794. The van der Waals surface area contributed by atoms with Gasteiger partial charge in [-0.2, -0.15) is 4.98 Å². The van der Waals surface area contributed by atoms with E-state index < -0.39 is 15.9 Å². The minimum Gasteiger partial charge on any atom is -0.497 e. The van der Waals surface area contributed by atoms with Crippen molar-refractivity contribution in [1.29, 1.82) is 0 Å². The van der Waals surface area contributed by atoms with Gasteiger partial charge in [0.05, 0.1) is 25.6 Å². The van der Waals surface area contributed by atoms with Gasteiger partial charge in [0, 0.05) is 5.56 Å². The van der Waals surface area contributed by atoms with Gasteiger partial charge in [0.2, 0.25) is 27.6 Å². The van der Waals surface area contributed by atoms with Gasteiger partial charge in [-0.1, -0.05) is 23.4 Å². The fourth-order valence-corrected chi connectivity index (χ4v) is 3.68. The number of para-hydroxylation sites is 1. The molecule has 0 saturated carbocycles. The van der Waals surface area contributed by atoms with Crippen LogP contribution in [0.25, 0.3) is 11.4 Å². The fourth-order valence-electron chi connectivity index (χ4n) is 2.77. The number of hydrogen-bond acceptors (Lipinski definition) is 7. The summed E-state index contributed by atoms with van der Waals surface area (Å²) >= 11 is 0. The van der Waals surface area contributed by atoms with Crippen LogP contribution in [-0.2, 0) is 21.4 Å². The summed E-state index contributed by atoms with van der Waals surface area (Å²) in [5.41, 5.74) is 1.94. The molecule has 158 valence electrons. The molecule has 0 atom stereocenters. The number of carbonyl (C=O) groups excluding carboxylic acids is 1. The van der Waals surface area contributed by atoms with Gasteiger partial charge < -0.3 is 14.6 Å². The molecule has 0 radical (unpaired) electrons. The molecule has 1 aromatic heterocycles. The highest BCUT2D eigenvalue weighted by atomic mass is 32.2. The highest BCUT2D eigenvalue weighted by Crippen LogP contribution is 2.22. The standard InChI is InChI=1S/C20H22N4O5S/c1-14-6-4-5-7-17(14)24(30(3,26)27)13-18(25)21-12-19-22-20(23-29-19)15-8-10-16(28-2)11-9-15/h4-11H,12-13H2,1-3H3,(H,21,25). The van der Waals surface area contributed by atoms with Gasteiger partial charge in [-0.25, -0.2) is 8.42 Å². The van der Waals surface area contributed by atoms with Gasteiger partial charge in [0.15, 0.2) is 0 Å². The summed E-state index contributed by atoms with van der Waals surface area (Å²) < 4.78 is 35.7. The zero-order valence-corrected chi connectivity index (χ0v) is 17.6. The number of rotatable bonds is 8.